The molecule has 0 spiro atoms. The van der Waals surface area contributed by atoms with Crippen LogP contribution in [0, 0.1) is 0 Å². The molecule has 0 saturated heterocycles. The standard InChI is InChI=1S/C13H13N5/c1-17-13(4-5-16-17)12-3-2-11(8-15-12)9-18-7-6-14-10-18/h2-8,10H,9H2,1H3. The van der Waals surface area contributed by atoms with E-state index in [0.29, 0.717) is 0 Å². The summed E-state index contributed by atoms with van der Waals surface area (Å²) in [6, 6.07) is 6.05. The number of aromatic nitrogens is 5. The summed E-state index contributed by atoms with van der Waals surface area (Å²) in [5.41, 5.74) is 3.10. The molecule has 0 atom stereocenters. The SMILES string of the molecule is Cn1nccc1-c1ccc(Cn2ccnc2)cn1. The van der Waals surface area contributed by atoms with Crippen molar-refractivity contribution >= 4 is 0 Å². The van der Waals surface area contributed by atoms with Crippen LogP contribution in [0.15, 0.2) is 49.3 Å². The molecule has 0 aliphatic heterocycles. The van der Waals surface area contributed by atoms with Crippen LogP contribution in [0.2, 0.25) is 0 Å². The van der Waals surface area contributed by atoms with Gasteiger partial charge in [0.2, 0.25) is 0 Å². The maximum atomic E-state index is 4.47. The third-order valence-electron chi connectivity index (χ3n) is 2.83. The third-order valence-corrected chi connectivity index (χ3v) is 2.83. The van der Waals surface area contributed by atoms with Crippen molar-refractivity contribution in [3.05, 3.63) is 54.9 Å². The zero-order valence-electron chi connectivity index (χ0n) is 10.1. The molecular weight excluding hydrogens is 226 g/mol. The monoisotopic (exact) mass is 239 g/mol. The zero-order chi connectivity index (χ0) is 12.4. The van der Waals surface area contributed by atoms with Crippen LogP contribution in [0.25, 0.3) is 11.4 Å². The molecule has 0 amide bonds. The Hall–Kier alpha value is -2.43. The topological polar surface area (TPSA) is 48.5 Å². The highest BCUT2D eigenvalue weighted by atomic mass is 15.3. The first kappa shape index (κ1) is 10.7. The number of hydrogen-bond donors (Lipinski definition) is 0. The Morgan fingerprint density at radius 3 is 2.72 bits per heavy atom. The fourth-order valence-corrected chi connectivity index (χ4v) is 1.89. The van der Waals surface area contributed by atoms with Crippen molar-refractivity contribution in [2.24, 2.45) is 7.05 Å². The van der Waals surface area contributed by atoms with Crippen molar-refractivity contribution in [3.8, 4) is 11.4 Å². The van der Waals surface area contributed by atoms with E-state index in [9.17, 15) is 0 Å². The lowest BCUT2D eigenvalue weighted by atomic mass is 10.2. The number of hydrogen-bond acceptors (Lipinski definition) is 3. The number of nitrogens with zero attached hydrogens (tertiary/aromatic N) is 5. The number of aryl methyl sites for hydroxylation is 1. The molecule has 3 rings (SSSR count). The lowest BCUT2D eigenvalue weighted by Crippen LogP contribution is -1.99. The van der Waals surface area contributed by atoms with Gasteiger partial charge in [-0.15, -0.1) is 0 Å². The van der Waals surface area contributed by atoms with Gasteiger partial charge < -0.3 is 4.57 Å². The molecular formula is C13H13N5. The molecule has 0 saturated carbocycles. The van der Waals surface area contributed by atoms with Gasteiger partial charge in [0, 0.05) is 38.4 Å². The highest BCUT2D eigenvalue weighted by Crippen LogP contribution is 2.15. The Kier molecular flexibility index (Phi) is 2.64. The summed E-state index contributed by atoms with van der Waals surface area (Å²) in [5, 5.41) is 4.14. The Bertz CT molecular complexity index is 622. The molecule has 0 unspecified atom stereocenters. The smallest absolute Gasteiger partial charge is 0.0949 e. The molecule has 5 nitrogen and oxygen atoms in total. The first-order chi connectivity index (χ1) is 8.83. The molecule has 0 fully saturated rings. The molecule has 3 heterocycles. The van der Waals surface area contributed by atoms with Crippen LogP contribution in [0.5, 0.6) is 0 Å². The second-order valence-electron chi connectivity index (χ2n) is 4.13. The van der Waals surface area contributed by atoms with Crippen LogP contribution in [0.4, 0.5) is 0 Å². The van der Waals surface area contributed by atoms with Gasteiger partial charge in [-0.05, 0) is 17.7 Å². The second kappa shape index (κ2) is 4.44. The van der Waals surface area contributed by atoms with Gasteiger partial charge in [-0.25, -0.2) is 4.98 Å². The molecule has 3 aromatic heterocycles. The first-order valence-corrected chi connectivity index (χ1v) is 5.72. The highest BCUT2D eigenvalue weighted by Gasteiger charge is 2.03. The van der Waals surface area contributed by atoms with Gasteiger partial charge in [-0.1, -0.05) is 6.07 Å². The second-order valence-corrected chi connectivity index (χ2v) is 4.13. The molecule has 5 heteroatoms. The normalized spacial score (nSPS) is 10.7. The van der Waals surface area contributed by atoms with E-state index in [4.69, 9.17) is 0 Å². The fourth-order valence-electron chi connectivity index (χ4n) is 1.89. The minimum atomic E-state index is 0.790. The first-order valence-electron chi connectivity index (χ1n) is 5.72. The number of rotatable bonds is 3. The van der Waals surface area contributed by atoms with Crippen LogP contribution < -0.4 is 0 Å². The van der Waals surface area contributed by atoms with Crippen molar-refractivity contribution in [2.75, 3.05) is 0 Å². The van der Waals surface area contributed by atoms with E-state index in [1.807, 2.05) is 40.8 Å². The van der Waals surface area contributed by atoms with Gasteiger partial charge in [0.25, 0.3) is 0 Å². The number of imidazole rings is 1. The average molecular weight is 239 g/mol. The van der Waals surface area contributed by atoms with E-state index < -0.39 is 0 Å². The predicted molar refractivity (Wildman–Crippen MR) is 67.8 cm³/mol. The van der Waals surface area contributed by atoms with Crippen LogP contribution in [-0.4, -0.2) is 24.3 Å². The maximum absolute atomic E-state index is 4.47. The van der Waals surface area contributed by atoms with E-state index in [1.165, 1.54) is 0 Å². The molecule has 3 aromatic rings. The van der Waals surface area contributed by atoms with Gasteiger partial charge in [0.05, 0.1) is 17.7 Å². The zero-order valence-corrected chi connectivity index (χ0v) is 10.1. The van der Waals surface area contributed by atoms with Gasteiger partial charge in [-0.2, -0.15) is 5.10 Å². The summed E-state index contributed by atoms with van der Waals surface area (Å²) in [6.07, 6.45) is 9.18. The quantitative estimate of drug-likeness (QED) is 0.699. The lowest BCUT2D eigenvalue weighted by Gasteiger charge is -2.04. The highest BCUT2D eigenvalue weighted by molar-refractivity contribution is 5.53. The largest absolute Gasteiger partial charge is 0.333 e. The van der Waals surface area contributed by atoms with Crippen LogP contribution in [-0.2, 0) is 13.6 Å². The van der Waals surface area contributed by atoms with Crippen LogP contribution in [0.3, 0.4) is 0 Å². The minimum absolute atomic E-state index is 0.790. The van der Waals surface area contributed by atoms with E-state index >= 15 is 0 Å². The Labute approximate surface area is 105 Å². The fraction of sp³-hybridized carbons (Fsp3) is 0.154. The van der Waals surface area contributed by atoms with Crippen molar-refractivity contribution in [1.29, 1.82) is 0 Å². The Morgan fingerprint density at radius 2 is 2.11 bits per heavy atom. The van der Waals surface area contributed by atoms with Gasteiger partial charge in [0.1, 0.15) is 0 Å². The lowest BCUT2D eigenvalue weighted by molar-refractivity contribution is 0.771. The van der Waals surface area contributed by atoms with Gasteiger partial charge >= 0.3 is 0 Å². The molecule has 0 radical (unpaired) electrons. The van der Waals surface area contributed by atoms with Crippen molar-refractivity contribution in [3.63, 3.8) is 0 Å². The Morgan fingerprint density at radius 1 is 1.17 bits per heavy atom. The van der Waals surface area contributed by atoms with Gasteiger partial charge in [0.15, 0.2) is 0 Å². The van der Waals surface area contributed by atoms with E-state index in [2.05, 4.69) is 21.1 Å². The molecule has 0 aliphatic rings. The third kappa shape index (κ3) is 2.02. The maximum Gasteiger partial charge on any atom is 0.0949 e. The van der Waals surface area contributed by atoms with Gasteiger partial charge in [-0.3, -0.25) is 9.67 Å². The van der Waals surface area contributed by atoms with Crippen LogP contribution >= 0.6 is 0 Å². The molecule has 0 N–H and O–H groups in total. The van der Waals surface area contributed by atoms with E-state index in [0.717, 1.165) is 23.5 Å². The summed E-state index contributed by atoms with van der Waals surface area (Å²) in [6.45, 7) is 0.790. The summed E-state index contributed by atoms with van der Waals surface area (Å²) < 4.78 is 3.83. The summed E-state index contributed by atoms with van der Waals surface area (Å²) in [4.78, 5) is 8.49. The average Bonchev–Trinajstić information content (AvgIpc) is 3.02. The predicted octanol–water partition coefficient (Wildman–Crippen LogP) is 1.73. The summed E-state index contributed by atoms with van der Waals surface area (Å²) in [5.74, 6) is 0. The number of pyridine rings is 1. The van der Waals surface area contributed by atoms with Crippen LogP contribution in [0.1, 0.15) is 5.56 Å². The molecule has 0 aliphatic carbocycles. The molecule has 0 bridgehead atoms. The summed E-state index contributed by atoms with van der Waals surface area (Å²) >= 11 is 0. The molecule has 18 heavy (non-hydrogen) atoms. The van der Waals surface area contributed by atoms with Crippen molar-refractivity contribution in [2.45, 2.75) is 6.54 Å². The molecule has 90 valence electrons. The summed E-state index contributed by atoms with van der Waals surface area (Å²) in [7, 11) is 1.91. The van der Waals surface area contributed by atoms with E-state index in [-0.39, 0.29) is 0 Å². The van der Waals surface area contributed by atoms with Crippen molar-refractivity contribution in [1.82, 2.24) is 24.3 Å². The van der Waals surface area contributed by atoms with E-state index in [1.54, 1.807) is 18.7 Å². The molecule has 0 aromatic carbocycles. The van der Waals surface area contributed by atoms with Crippen molar-refractivity contribution < 1.29 is 0 Å². The Balaban J connectivity index is 1.83. The minimum Gasteiger partial charge on any atom is -0.333 e.